The maximum absolute atomic E-state index is 8.57. The van der Waals surface area contributed by atoms with Crippen LogP contribution in [0.15, 0.2) is 48.0 Å². The SMILES string of the molecule is N/C(=N/O)c1ccc(OCCNCc2ccncn2)cc1. The molecule has 0 bridgehead atoms. The maximum atomic E-state index is 8.57. The Balaban J connectivity index is 1.69. The van der Waals surface area contributed by atoms with Gasteiger partial charge in [0.25, 0.3) is 0 Å². The van der Waals surface area contributed by atoms with Gasteiger partial charge in [-0.1, -0.05) is 5.16 Å². The van der Waals surface area contributed by atoms with Gasteiger partial charge >= 0.3 is 0 Å². The number of benzene rings is 1. The van der Waals surface area contributed by atoms with Crippen molar-refractivity contribution in [1.82, 2.24) is 15.3 Å². The molecule has 0 saturated heterocycles. The van der Waals surface area contributed by atoms with E-state index in [1.807, 2.05) is 6.07 Å². The first-order chi connectivity index (χ1) is 10.3. The average Bonchev–Trinajstić information content (AvgIpc) is 2.55. The van der Waals surface area contributed by atoms with E-state index >= 15 is 0 Å². The number of nitrogens with one attached hydrogen (secondary N) is 1. The Labute approximate surface area is 122 Å². The van der Waals surface area contributed by atoms with Crippen LogP contribution in [-0.4, -0.2) is 34.2 Å². The summed E-state index contributed by atoms with van der Waals surface area (Å²) < 4.78 is 5.57. The molecule has 7 nitrogen and oxygen atoms in total. The Morgan fingerprint density at radius 1 is 1.29 bits per heavy atom. The summed E-state index contributed by atoms with van der Waals surface area (Å²) in [6.45, 7) is 1.91. The molecular weight excluding hydrogens is 270 g/mol. The van der Waals surface area contributed by atoms with E-state index in [2.05, 4.69) is 20.4 Å². The van der Waals surface area contributed by atoms with E-state index in [0.717, 1.165) is 11.4 Å². The molecule has 0 aliphatic carbocycles. The summed E-state index contributed by atoms with van der Waals surface area (Å²) in [6, 6.07) is 8.88. The van der Waals surface area contributed by atoms with Crippen LogP contribution < -0.4 is 15.8 Å². The normalized spacial score (nSPS) is 11.3. The molecule has 0 amide bonds. The Morgan fingerprint density at radius 3 is 2.76 bits per heavy atom. The Kier molecular flexibility index (Phi) is 5.48. The lowest BCUT2D eigenvalue weighted by Gasteiger charge is -2.08. The fourth-order valence-electron chi connectivity index (χ4n) is 1.66. The molecule has 0 aliphatic rings. The summed E-state index contributed by atoms with van der Waals surface area (Å²) >= 11 is 0. The fourth-order valence-corrected chi connectivity index (χ4v) is 1.66. The molecule has 2 rings (SSSR count). The highest BCUT2D eigenvalue weighted by Gasteiger charge is 1.99. The predicted octanol–water partition coefficient (Wildman–Crippen LogP) is 0.740. The molecule has 0 spiro atoms. The highest BCUT2D eigenvalue weighted by Crippen LogP contribution is 2.11. The first-order valence-electron chi connectivity index (χ1n) is 6.46. The zero-order valence-electron chi connectivity index (χ0n) is 11.4. The number of nitrogens with two attached hydrogens (primary N) is 1. The molecule has 1 heterocycles. The molecule has 0 fully saturated rings. The van der Waals surface area contributed by atoms with Gasteiger partial charge in [-0.2, -0.15) is 0 Å². The minimum Gasteiger partial charge on any atom is -0.492 e. The van der Waals surface area contributed by atoms with E-state index in [4.69, 9.17) is 15.7 Å². The monoisotopic (exact) mass is 287 g/mol. The van der Waals surface area contributed by atoms with Crippen LogP contribution in [0.4, 0.5) is 0 Å². The first-order valence-corrected chi connectivity index (χ1v) is 6.46. The third kappa shape index (κ3) is 4.73. The van der Waals surface area contributed by atoms with E-state index in [-0.39, 0.29) is 5.84 Å². The van der Waals surface area contributed by atoms with Crippen molar-refractivity contribution in [3.63, 3.8) is 0 Å². The van der Waals surface area contributed by atoms with Crippen molar-refractivity contribution in [1.29, 1.82) is 0 Å². The van der Waals surface area contributed by atoms with E-state index in [0.29, 0.717) is 25.3 Å². The molecule has 21 heavy (non-hydrogen) atoms. The number of nitrogens with zero attached hydrogens (tertiary/aromatic N) is 3. The van der Waals surface area contributed by atoms with Gasteiger partial charge in [-0.25, -0.2) is 9.97 Å². The zero-order valence-corrected chi connectivity index (χ0v) is 11.4. The van der Waals surface area contributed by atoms with Gasteiger partial charge in [0.2, 0.25) is 0 Å². The van der Waals surface area contributed by atoms with Crippen LogP contribution in [0, 0.1) is 0 Å². The van der Waals surface area contributed by atoms with Crippen LogP contribution in [0.3, 0.4) is 0 Å². The lowest BCUT2D eigenvalue weighted by Crippen LogP contribution is -2.21. The molecule has 1 aromatic heterocycles. The molecule has 110 valence electrons. The second-order valence-corrected chi connectivity index (χ2v) is 4.24. The molecule has 0 unspecified atom stereocenters. The van der Waals surface area contributed by atoms with Gasteiger partial charge in [-0.15, -0.1) is 0 Å². The molecule has 4 N–H and O–H groups in total. The van der Waals surface area contributed by atoms with E-state index in [1.165, 1.54) is 6.33 Å². The van der Waals surface area contributed by atoms with Crippen LogP contribution in [0.2, 0.25) is 0 Å². The van der Waals surface area contributed by atoms with Crippen molar-refractivity contribution in [2.75, 3.05) is 13.2 Å². The number of hydrogen-bond acceptors (Lipinski definition) is 6. The quantitative estimate of drug-likeness (QED) is 0.228. The van der Waals surface area contributed by atoms with Crippen LogP contribution >= 0.6 is 0 Å². The summed E-state index contributed by atoms with van der Waals surface area (Å²) in [5, 5.41) is 14.7. The second kappa shape index (κ2) is 7.81. The highest BCUT2D eigenvalue weighted by molar-refractivity contribution is 5.97. The number of oxime groups is 1. The van der Waals surface area contributed by atoms with Crippen molar-refractivity contribution >= 4 is 5.84 Å². The number of aromatic nitrogens is 2. The maximum Gasteiger partial charge on any atom is 0.170 e. The molecule has 0 atom stereocenters. The van der Waals surface area contributed by atoms with Gasteiger partial charge in [-0.05, 0) is 30.3 Å². The molecule has 0 radical (unpaired) electrons. The van der Waals surface area contributed by atoms with Gasteiger partial charge in [0.1, 0.15) is 18.7 Å². The Morgan fingerprint density at radius 2 is 2.10 bits per heavy atom. The third-order valence-corrected chi connectivity index (χ3v) is 2.75. The number of rotatable bonds is 7. The van der Waals surface area contributed by atoms with Gasteiger partial charge in [0.15, 0.2) is 5.84 Å². The molecule has 1 aromatic carbocycles. The number of ether oxygens (including phenoxy) is 1. The minimum atomic E-state index is 0.0769. The van der Waals surface area contributed by atoms with Crippen molar-refractivity contribution in [2.45, 2.75) is 6.54 Å². The first kappa shape index (κ1) is 14.7. The molecule has 0 aliphatic heterocycles. The van der Waals surface area contributed by atoms with Crippen LogP contribution in [0.5, 0.6) is 5.75 Å². The number of amidine groups is 1. The topological polar surface area (TPSA) is 106 Å². The smallest absolute Gasteiger partial charge is 0.170 e. The molecular formula is C14H17N5O2. The van der Waals surface area contributed by atoms with Crippen molar-refractivity contribution in [3.8, 4) is 5.75 Å². The second-order valence-electron chi connectivity index (χ2n) is 4.24. The summed E-state index contributed by atoms with van der Waals surface area (Å²) in [4.78, 5) is 7.97. The summed E-state index contributed by atoms with van der Waals surface area (Å²) in [7, 11) is 0. The molecule has 7 heteroatoms. The van der Waals surface area contributed by atoms with Gasteiger partial charge in [-0.3, -0.25) is 0 Å². The Bertz CT molecular complexity index is 572. The van der Waals surface area contributed by atoms with E-state index in [9.17, 15) is 0 Å². The number of hydrogen-bond donors (Lipinski definition) is 3. The highest BCUT2D eigenvalue weighted by atomic mass is 16.5. The molecule has 2 aromatic rings. The minimum absolute atomic E-state index is 0.0769. The largest absolute Gasteiger partial charge is 0.492 e. The van der Waals surface area contributed by atoms with Crippen molar-refractivity contribution in [2.24, 2.45) is 10.9 Å². The zero-order chi connectivity index (χ0) is 14.9. The van der Waals surface area contributed by atoms with Crippen LogP contribution in [-0.2, 0) is 6.54 Å². The Hall–Kier alpha value is -2.67. The van der Waals surface area contributed by atoms with Gasteiger partial charge < -0.3 is 21.0 Å². The van der Waals surface area contributed by atoms with Crippen molar-refractivity contribution < 1.29 is 9.94 Å². The molecule has 0 saturated carbocycles. The van der Waals surface area contributed by atoms with Crippen LogP contribution in [0.25, 0.3) is 0 Å². The van der Waals surface area contributed by atoms with Crippen molar-refractivity contribution in [3.05, 3.63) is 54.1 Å². The van der Waals surface area contributed by atoms with E-state index in [1.54, 1.807) is 30.5 Å². The average molecular weight is 287 g/mol. The lowest BCUT2D eigenvalue weighted by atomic mass is 10.2. The summed E-state index contributed by atoms with van der Waals surface area (Å²) in [5.74, 6) is 0.807. The van der Waals surface area contributed by atoms with Crippen LogP contribution in [0.1, 0.15) is 11.3 Å². The lowest BCUT2D eigenvalue weighted by molar-refractivity contribution is 0.313. The predicted molar refractivity (Wildman–Crippen MR) is 78.2 cm³/mol. The summed E-state index contributed by atoms with van der Waals surface area (Å²) in [6.07, 6.45) is 3.24. The van der Waals surface area contributed by atoms with E-state index < -0.39 is 0 Å². The van der Waals surface area contributed by atoms with Gasteiger partial charge in [0.05, 0.1) is 5.69 Å². The third-order valence-electron chi connectivity index (χ3n) is 2.75. The standard InChI is InChI=1S/C14H17N5O2/c15-14(19-20)11-1-3-13(4-2-11)21-8-7-16-9-12-5-6-17-10-18-12/h1-6,10,16,20H,7-9H2,(H2,15,19). The van der Waals surface area contributed by atoms with Gasteiger partial charge in [0, 0.05) is 24.8 Å². The fraction of sp³-hybridized carbons (Fsp3) is 0.214. The summed E-state index contributed by atoms with van der Waals surface area (Å²) in [5.41, 5.74) is 7.06.